The fraction of sp³-hybridized carbons (Fsp3) is 0.200. The highest BCUT2D eigenvalue weighted by atomic mass is 32.2. The molecule has 0 unspecified atom stereocenters. The smallest absolute Gasteiger partial charge is 0.231 e. The first-order valence-electron chi connectivity index (χ1n) is 8.85. The summed E-state index contributed by atoms with van der Waals surface area (Å²) in [5, 5.41) is 11.5. The van der Waals surface area contributed by atoms with E-state index in [-0.39, 0.29) is 18.2 Å². The summed E-state index contributed by atoms with van der Waals surface area (Å²) in [6, 6.07) is 19.5. The van der Waals surface area contributed by atoms with E-state index in [0.29, 0.717) is 11.7 Å². The van der Waals surface area contributed by atoms with Crippen LogP contribution in [0.2, 0.25) is 0 Å². The average Bonchev–Trinajstić information content (AvgIpc) is 3.34. The lowest BCUT2D eigenvalue weighted by Gasteiger charge is -2.16. The Balaban J connectivity index is 1.33. The van der Waals surface area contributed by atoms with Gasteiger partial charge in [0.25, 0.3) is 0 Å². The first-order chi connectivity index (χ1) is 13.7. The number of hydrogen-bond donors (Lipinski definition) is 1. The number of nitrogens with one attached hydrogen (secondary N) is 1. The quantitative estimate of drug-likeness (QED) is 0.494. The van der Waals surface area contributed by atoms with E-state index in [1.54, 1.807) is 16.7 Å². The van der Waals surface area contributed by atoms with E-state index in [2.05, 4.69) is 27.6 Å². The van der Waals surface area contributed by atoms with Gasteiger partial charge in [0.15, 0.2) is 4.34 Å². The fourth-order valence-corrected chi connectivity index (χ4v) is 4.70. The maximum atomic E-state index is 12.6. The molecule has 1 aromatic heterocycles. The first kappa shape index (κ1) is 18.6. The highest BCUT2D eigenvalue weighted by Crippen LogP contribution is 2.30. The van der Waals surface area contributed by atoms with E-state index in [0.717, 1.165) is 15.8 Å². The minimum atomic E-state index is -0.392. The molecule has 1 aliphatic heterocycles. The summed E-state index contributed by atoms with van der Waals surface area (Å²) in [5.74, 6) is 0.175. The minimum Gasteiger partial charge on any atom is -0.312 e. The molecule has 0 bridgehead atoms. The van der Waals surface area contributed by atoms with Crippen LogP contribution in [-0.2, 0) is 15.3 Å². The molecule has 1 saturated heterocycles. The van der Waals surface area contributed by atoms with Crippen molar-refractivity contribution >= 4 is 45.7 Å². The zero-order valence-electron chi connectivity index (χ0n) is 14.9. The third-order valence-corrected chi connectivity index (χ3v) is 6.45. The van der Waals surface area contributed by atoms with Crippen LogP contribution in [-0.4, -0.2) is 28.6 Å². The van der Waals surface area contributed by atoms with Gasteiger partial charge < -0.3 is 10.2 Å². The molecule has 0 radical (unpaired) electrons. The number of hydrogen-bond acceptors (Lipinski definition) is 6. The zero-order valence-corrected chi connectivity index (χ0v) is 16.6. The standard InChI is InChI=1S/C20H18N4O2S2/c25-17-11-15(12-24(17)16-9-5-2-6-10-16)18(26)21-19-22-23-20(28-19)27-13-14-7-3-1-4-8-14/h1-10,15H,11-13H2,(H,21,22,26)/t15-/m1/s1. The highest BCUT2D eigenvalue weighted by molar-refractivity contribution is 8.00. The Hall–Kier alpha value is -2.71. The van der Waals surface area contributed by atoms with Crippen LogP contribution in [0.1, 0.15) is 12.0 Å². The Labute approximate surface area is 171 Å². The van der Waals surface area contributed by atoms with Crippen molar-refractivity contribution in [2.75, 3.05) is 16.8 Å². The van der Waals surface area contributed by atoms with Gasteiger partial charge in [0.05, 0.1) is 5.92 Å². The highest BCUT2D eigenvalue weighted by Gasteiger charge is 2.35. The molecule has 2 heterocycles. The maximum absolute atomic E-state index is 12.6. The Morgan fingerprint density at radius 2 is 1.82 bits per heavy atom. The van der Waals surface area contributed by atoms with Crippen molar-refractivity contribution in [2.45, 2.75) is 16.5 Å². The van der Waals surface area contributed by atoms with Crippen molar-refractivity contribution in [2.24, 2.45) is 5.92 Å². The van der Waals surface area contributed by atoms with E-state index in [4.69, 9.17) is 0 Å². The fourth-order valence-electron chi connectivity index (χ4n) is 2.99. The Bertz CT molecular complexity index is 963. The Morgan fingerprint density at radius 1 is 1.11 bits per heavy atom. The SMILES string of the molecule is O=C(Nc1nnc(SCc2ccccc2)s1)[C@@H]1CC(=O)N(c2ccccc2)C1. The van der Waals surface area contributed by atoms with Crippen LogP contribution in [0.4, 0.5) is 10.8 Å². The number of nitrogens with zero attached hydrogens (tertiary/aromatic N) is 3. The number of benzene rings is 2. The summed E-state index contributed by atoms with van der Waals surface area (Å²) in [6.45, 7) is 0.378. The molecule has 2 amide bonds. The molecule has 0 spiro atoms. The molecular formula is C20H18N4O2S2. The normalized spacial score (nSPS) is 16.4. The largest absolute Gasteiger partial charge is 0.312 e. The summed E-state index contributed by atoms with van der Waals surface area (Å²) in [6.07, 6.45) is 0.204. The molecule has 1 aliphatic rings. The number of amides is 2. The summed E-state index contributed by atoms with van der Waals surface area (Å²) in [7, 11) is 0. The molecule has 1 N–H and O–H groups in total. The second-order valence-electron chi connectivity index (χ2n) is 6.38. The van der Waals surface area contributed by atoms with E-state index >= 15 is 0 Å². The summed E-state index contributed by atoms with van der Waals surface area (Å²) in [5.41, 5.74) is 2.03. The lowest BCUT2D eigenvalue weighted by molar-refractivity contribution is -0.122. The molecule has 3 aromatic rings. The first-order valence-corrected chi connectivity index (χ1v) is 10.7. The monoisotopic (exact) mass is 410 g/mol. The van der Waals surface area contributed by atoms with Crippen molar-refractivity contribution in [3.8, 4) is 0 Å². The topological polar surface area (TPSA) is 75.2 Å². The van der Waals surface area contributed by atoms with Gasteiger partial charge in [-0.3, -0.25) is 9.59 Å². The predicted octanol–water partition coefficient (Wildman–Crippen LogP) is 3.82. The number of thioether (sulfide) groups is 1. The van der Waals surface area contributed by atoms with E-state index < -0.39 is 5.92 Å². The van der Waals surface area contributed by atoms with Gasteiger partial charge in [-0.05, 0) is 17.7 Å². The lowest BCUT2D eigenvalue weighted by Crippen LogP contribution is -2.28. The number of carbonyl (C=O) groups excluding carboxylic acids is 2. The maximum Gasteiger partial charge on any atom is 0.231 e. The van der Waals surface area contributed by atoms with Crippen molar-refractivity contribution in [3.63, 3.8) is 0 Å². The third-order valence-electron chi connectivity index (χ3n) is 4.41. The molecule has 1 fully saturated rings. The Morgan fingerprint density at radius 3 is 2.57 bits per heavy atom. The van der Waals surface area contributed by atoms with Crippen LogP contribution in [0.15, 0.2) is 65.0 Å². The number of para-hydroxylation sites is 1. The van der Waals surface area contributed by atoms with Gasteiger partial charge in [-0.15, -0.1) is 10.2 Å². The van der Waals surface area contributed by atoms with E-state index in [1.807, 2.05) is 48.5 Å². The van der Waals surface area contributed by atoms with Crippen LogP contribution in [0.25, 0.3) is 0 Å². The predicted molar refractivity (Wildman–Crippen MR) is 111 cm³/mol. The molecule has 1 atom stereocenters. The van der Waals surface area contributed by atoms with Gasteiger partial charge in [-0.25, -0.2) is 0 Å². The second-order valence-corrected chi connectivity index (χ2v) is 8.58. The van der Waals surface area contributed by atoms with E-state index in [9.17, 15) is 9.59 Å². The minimum absolute atomic E-state index is 0.0391. The van der Waals surface area contributed by atoms with Gasteiger partial charge in [0.1, 0.15) is 0 Å². The molecule has 6 nitrogen and oxygen atoms in total. The zero-order chi connectivity index (χ0) is 19.3. The second kappa shape index (κ2) is 8.53. The number of aromatic nitrogens is 2. The molecule has 0 saturated carbocycles. The van der Waals surface area contributed by atoms with Gasteiger partial charge in [-0.1, -0.05) is 71.6 Å². The van der Waals surface area contributed by atoms with Crippen molar-refractivity contribution in [3.05, 3.63) is 66.2 Å². The molecule has 0 aliphatic carbocycles. The molecule has 142 valence electrons. The summed E-state index contributed by atoms with van der Waals surface area (Å²) < 4.78 is 0.799. The summed E-state index contributed by atoms with van der Waals surface area (Å²) >= 11 is 2.93. The van der Waals surface area contributed by atoms with Crippen LogP contribution in [0.5, 0.6) is 0 Å². The lowest BCUT2D eigenvalue weighted by atomic mass is 10.1. The number of rotatable bonds is 6. The van der Waals surface area contributed by atoms with Crippen LogP contribution in [0.3, 0.4) is 0 Å². The molecular weight excluding hydrogens is 392 g/mol. The van der Waals surface area contributed by atoms with Crippen molar-refractivity contribution in [1.82, 2.24) is 10.2 Å². The van der Waals surface area contributed by atoms with Crippen LogP contribution >= 0.6 is 23.1 Å². The van der Waals surface area contributed by atoms with Gasteiger partial charge in [0.2, 0.25) is 16.9 Å². The third kappa shape index (κ3) is 4.40. The van der Waals surface area contributed by atoms with Crippen molar-refractivity contribution in [1.29, 1.82) is 0 Å². The average molecular weight is 411 g/mol. The van der Waals surface area contributed by atoms with Gasteiger partial charge in [0, 0.05) is 24.4 Å². The van der Waals surface area contributed by atoms with Crippen LogP contribution in [0, 0.1) is 5.92 Å². The van der Waals surface area contributed by atoms with Crippen LogP contribution < -0.4 is 10.2 Å². The molecule has 2 aromatic carbocycles. The van der Waals surface area contributed by atoms with E-state index in [1.165, 1.54) is 16.9 Å². The Kier molecular flexibility index (Phi) is 5.68. The number of anilines is 2. The van der Waals surface area contributed by atoms with Gasteiger partial charge in [-0.2, -0.15) is 0 Å². The van der Waals surface area contributed by atoms with Gasteiger partial charge >= 0.3 is 0 Å². The molecule has 8 heteroatoms. The molecule has 4 rings (SSSR count). The summed E-state index contributed by atoms with van der Waals surface area (Å²) in [4.78, 5) is 26.5. The molecule has 28 heavy (non-hydrogen) atoms. The number of carbonyl (C=O) groups is 2. The van der Waals surface area contributed by atoms with Crippen molar-refractivity contribution < 1.29 is 9.59 Å².